The van der Waals surface area contributed by atoms with E-state index in [4.69, 9.17) is 0 Å². The van der Waals surface area contributed by atoms with E-state index in [-0.39, 0.29) is 31.8 Å². The molecule has 164 valence electrons. The van der Waals surface area contributed by atoms with Crippen molar-refractivity contribution in [3.05, 3.63) is 46.3 Å². The van der Waals surface area contributed by atoms with E-state index in [1.54, 1.807) is 12.1 Å². The van der Waals surface area contributed by atoms with Gasteiger partial charge >= 0.3 is 6.03 Å². The van der Waals surface area contributed by atoms with Gasteiger partial charge in [0, 0.05) is 17.7 Å². The third-order valence-electron chi connectivity index (χ3n) is 6.14. The van der Waals surface area contributed by atoms with E-state index < -0.39 is 36.2 Å². The highest BCUT2D eigenvalue weighted by Crippen LogP contribution is 2.44. The van der Waals surface area contributed by atoms with Crippen LogP contribution in [0.4, 0.5) is 13.6 Å². The van der Waals surface area contributed by atoms with Gasteiger partial charge in [0.1, 0.15) is 5.54 Å². The molecule has 1 aliphatic heterocycles. The van der Waals surface area contributed by atoms with Crippen LogP contribution in [0.2, 0.25) is 0 Å². The van der Waals surface area contributed by atoms with E-state index in [2.05, 4.69) is 5.32 Å². The van der Waals surface area contributed by atoms with Crippen LogP contribution in [0.15, 0.2) is 30.3 Å². The maximum Gasteiger partial charge on any atom is 0.325 e. The van der Waals surface area contributed by atoms with Gasteiger partial charge in [-0.25, -0.2) is 13.6 Å². The molecule has 0 radical (unpaired) electrons. The van der Waals surface area contributed by atoms with Crippen LogP contribution in [0, 0.1) is 6.92 Å². The molecule has 2 aliphatic rings. The zero-order valence-electron chi connectivity index (χ0n) is 16.9. The quantitative estimate of drug-likeness (QED) is 0.537. The van der Waals surface area contributed by atoms with E-state index >= 15 is 0 Å². The van der Waals surface area contributed by atoms with Crippen molar-refractivity contribution in [1.29, 1.82) is 0 Å². The molecule has 2 fully saturated rings. The number of imide groups is 1. The van der Waals surface area contributed by atoms with Crippen molar-refractivity contribution in [2.24, 2.45) is 0 Å². The Hall–Kier alpha value is -2.65. The summed E-state index contributed by atoms with van der Waals surface area (Å²) in [6.07, 6.45) is -1.36. The number of halogens is 2. The van der Waals surface area contributed by atoms with Gasteiger partial charge in [-0.05, 0) is 42.5 Å². The number of carbonyl (C=O) groups is 3. The lowest BCUT2D eigenvalue weighted by Gasteiger charge is -2.40. The van der Waals surface area contributed by atoms with Crippen LogP contribution < -0.4 is 5.32 Å². The standard InChI is InChI=1S/C22H22F2N2O4S/c1-13-10-17(31-18(13)15-5-3-2-4-14(15)12-27)16(28)11-26-20(30)25-19(29)21(26)6-8-22(23,24)9-7-21/h2-5,10,27H,6-9,11-12H2,1H3,(H,25,29,30). The lowest BCUT2D eigenvalue weighted by atomic mass is 9.78. The van der Waals surface area contributed by atoms with E-state index in [9.17, 15) is 28.3 Å². The maximum atomic E-state index is 13.7. The molecule has 1 spiro atoms. The highest BCUT2D eigenvalue weighted by Gasteiger charge is 2.57. The Morgan fingerprint density at radius 1 is 1.19 bits per heavy atom. The average Bonchev–Trinajstić information content (AvgIpc) is 3.23. The Morgan fingerprint density at radius 3 is 2.55 bits per heavy atom. The summed E-state index contributed by atoms with van der Waals surface area (Å²) in [4.78, 5) is 40.3. The molecular formula is C22H22F2N2O4S. The first-order chi connectivity index (χ1) is 14.7. The number of rotatable bonds is 5. The van der Waals surface area contributed by atoms with Crippen LogP contribution in [0.1, 0.15) is 46.5 Å². The molecule has 6 nitrogen and oxygen atoms in total. The summed E-state index contributed by atoms with van der Waals surface area (Å²) >= 11 is 1.25. The second kappa shape index (κ2) is 7.80. The minimum absolute atomic E-state index is 0.139. The number of alkyl halides is 2. The van der Waals surface area contributed by atoms with Gasteiger partial charge < -0.3 is 10.0 Å². The summed E-state index contributed by atoms with van der Waals surface area (Å²) in [6, 6.07) is 8.33. The van der Waals surface area contributed by atoms with Crippen molar-refractivity contribution in [3.63, 3.8) is 0 Å². The van der Waals surface area contributed by atoms with Crippen molar-refractivity contribution in [1.82, 2.24) is 10.2 Å². The Balaban J connectivity index is 1.59. The summed E-state index contributed by atoms with van der Waals surface area (Å²) in [5, 5.41) is 11.8. The number of thiophene rings is 1. The second-order valence-electron chi connectivity index (χ2n) is 8.09. The molecule has 1 aromatic carbocycles. The Morgan fingerprint density at radius 2 is 1.87 bits per heavy atom. The van der Waals surface area contributed by atoms with Crippen LogP contribution in [-0.2, 0) is 11.4 Å². The minimum Gasteiger partial charge on any atom is -0.392 e. The molecular weight excluding hydrogens is 426 g/mol. The van der Waals surface area contributed by atoms with Gasteiger partial charge in [0.2, 0.25) is 5.92 Å². The number of Topliss-reactive ketones (excluding diaryl/α,β-unsaturated/α-hetero) is 1. The lowest BCUT2D eigenvalue weighted by Crippen LogP contribution is -2.54. The SMILES string of the molecule is Cc1cc(C(=O)CN2C(=O)NC(=O)C23CCC(F)(F)CC3)sc1-c1ccccc1CO. The number of nitrogens with one attached hydrogen (secondary N) is 1. The number of carbonyl (C=O) groups excluding carboxylic acids is 3. The van der Waals surface area contributed by atoms with Crippen LogP contribution in [0.25, 0.3) is 10.4 Å². The molecule has 1 saturated carbocycles. The number of aliphatic hydroxyl groups is 1. The van der Waals surface area contributed by atoms with Gasteiger partial charge in [0.25, 0.3) is 5.91 Å². The number of nitrogens with zero attached hydrogens (tertiary/aromatic N) is 1. The largest absolute Gasteiger partial charge is 0.392 e. The molecule has 2 N–H and O–H groups in total. The van der Waals surface area contributed by atoms with Gasteiger partial charge in [-0.1, -0.05) is 24.3 Å². The topological polar surface area (TPSA) is 86.7 Å². The molecule has 4 rings (SSSR count). The van der Waals surface area contributed by atoms with E-state index in [1.807, 2.05) is 25.1 Å². The van der Waals surface area contributed by atoms with Crippen molar-refractivity contribution in [3.8, 4) is 10.4 Å². The molecule has 9 heteroatoms. The molecule has 2 aromatic rings. The molecule has 1 aromatic heterocycles. The molecule has 0 unspecified atom stereocenters. The number of aliphatic hydroxyl groups excluding tert-OH is 1. The first kappa shape index (κ1) is 21.6. The Bertz CT molecular complexity index is 1060. The number of hydrogen-bond donors (Lipinski definition) is 2. The van der Waals surface area contributed by atoms with Crippen LogP contribution in [-0.4, -0.2) is 45.7 Å². The van der Waals surface area contributed by atoms with Gasteiger partial charge in [0.05, 0.1) is 18.0 Å². The fourth-order valence-electron chi connectivity index (χ4n) is 4.34. The number of urea groups is 1. The highest BCUT2D eigenvalue weighted by atomic mass is 32.1. The number of benzene rings is 1. The smallest absolute Gasteiger partial charge is 0.325 e. The molecule has 1 saturated heterocycles. The Kier molecular flexibility index (Phi) is 5.43. The zero-order valence-corrected chi connectivity index (χ0v) is 17.7. The van der Waals surface area contributed by atoms with Crippen LogP contribution >= 0.6 is 11.3 Å². The molecule has 1 aliphatic carbocycles. The highest BCUT2D eigenvalue weighted by molar-refractivity contribution is 7.17. The molecule has 0 atom stereocenters. The predicted octanol–water partition coefficient (Wildman–Crippen LogP) is 3.90. The summed E-state index contributed by atoms with van der Waals surface area (Å²) in [7, 11) is 0. The summed E-state index contributed by atoms with van der Waals surface area (Å²) < 4.78 is 27.3. The zero-order chi connectivity index (χ0) is 22.4. The van der Waals surface area contributed by atoms with E-state index in [0.29, 0.717) is 4.88 Å². The van der Waals surface area contributed by atoms with Gasteiger partial charge in [-0.2, -0.15) is 0 Å². The van der Waals surface area contributed by atoms with Gasteiger partial charge in [-0.3, -0.25) is 14.9 Å². The van der Waals surface area contributed by atoms with E-state index in [0.717, 1.165) is 26.5 Å². The number of hydrogen-bond acceptors (Lipinski definition) is 5. The summed E-state index contributed by atoms with van der Waals surface area (Å²) in [6.45, 7) is 1.36. The van der Waals surface area contributed by atoms with Crippen LogP contribution in [0.5, 0.6) is 0 Å². The van der Waals surface area contributed by atoms with Gasteiger partial charge in [0.15, 0.2) is 5.78 Å². The average molecular weight is 448 g/mol. The summed E-state index contributed by atoms with van der Waals surface area (Å²) in [5.74, 6) is -3.84. The lowest BCUT2D eigenvalue weighted by molar-refractivity contribution is -0.133. The third kappa shape index (κ3) is 3.76. The normalized spacial score (nSPS) is 19.7. The maximum absolute atomic E-state index is 13.7. The number of aryl methyl sites for hydroxylation is 1. The number of ketones is 1. The first-order valence-corrected chi connectivity index (χ1v) is 10.8. The molecule has 3 amide bonds. The third-order valence-corrected chi connectivity index (χ3v) is 7.45. The minimum atomic E-state index is -2.87. The van der Waals surface area contributed by atoms with Crippen molar-refractivity contribution in [2.45, 2.75) is 50.7 Å². The van der Waals surface area contributed by atoms with Gasteiger partial charge in [-0.15, -0.1) is 11.3 Å². The summed E-state index contributed by atoms with van der Waals surface area (Å²) in [5.41, 5.74) is 1.01. The van der Waals surface area contributed by atoms with E-state index in [1.165, 1.54) is 11.3 Å². The first-order valence-electron chi connectivity index (χ1n) is 10.0. The predicted molar refractivity (Wildman–Crippen MR) is 111 cm³/mol. The van der Waals surface area contributed by atoms with Crippen molar-refractivity contribution < 1.29 is 28.3 Å². The fraction of sp³-hybridized carbons (Fsp3) is 0.409. The molecule has 0 bridgehead atoms. The molecule has 31 heavy (non-hydrogen) atoms. The van der Waals surface area contributed by atoms with Crippen molar-refractivity contribution >= 4 is 29.1 Å². The Labute approximate surface area is 181 Å². The fourth-order valence-corrected chi connectivity index (χ4v) is 5.50. The monoisotopic (exact) mass is 448 g/mol. The second-order valence-corrected chi connectivity index (χ2v) is 9.15. The molecule has 2 heterocycles. The van der Waals surface area contributed by atoms with Crippen molar-refractivity contribution in [2.75, 3.05) is 6.54 Å². The van der Waals surface area contributed by atoms with Crippen LogP contribution in [0.3, 0.4) is 0 Å². The number of amides is 3.